The Morgan fingerprint density at radius 3 is 2.59 bits per heavy atom. The molecule has 0 saturated heterocycles. The van der Waals surface area contributed by atoms with Crippen molar-refractivity contribution in [3.05, 3.63) is 59.1 Å². The predicted molar refractivity (Wildman–Crippen MR) is 105 cm³/mol. The van der Waals surface area contributed by atoms with Gasteiger partial charge in [-0.2, -0.15) is 4.98 Å². The van der Waals surface area contributed by atoms with Crippen molar-refractivity contribution in [2.45, 2.75) is 18.3 Å². The zero-order chi connectivity index (χ0) is 19.0. The lowest BCUT2D eigenvalue weighted by Crippen LogP contribution is -2.36. The van der Waals surface area contributed by atoms with E-state index in [2.05, 4.69) is 15.2 Å². The predicted octanol–water partition coefficient (Wildman–Crippen LogP) is 4.36. The Morgan fingerprint density at radius 2 is 1.89 bits per heavy atom. The lowest BCUT2D eigenvalue weighted by atomic mass is 10.1. The highest BCUT2D eigenvalue weighted by molar-refractivity contribution is 7.98. The first-order valence-electron chi connectivity index (χ1n) is 8.18. The number of rotatable bonds is 2. The normalized spacial score (nSPS) is 15.4. The summed E-state index contributed by atoms with van der Waals surface area (Å²) in [6.45, 7) is 1.51. The van der Waals surface area contributed by atoms with Crippen LogP contribution >= 0.6 is 23.4 Å². The van der Waals surface area contributed by atoms with Gasteiger partial charge >= 0.3 is 0 Å². The lowest BCUT2D eigenvalue weighted by Gasteiger charge is -2.29. The summed E-state index contributed by atoms with van der Waals surface area (Å²) in [6, 6.07) is 14.7. The van der Waals surface area contributed by atoms with Crippen LogP contribution in [0.1, 0.15) is 18.7 Å². The summed E-state index contributed by atoms with van der Waals surface area (Å²) < 4.78 is 6.22. The molecule has 0 fully saturated rings. The number of carbonyl (C=O) groups excluding carboxylic acids is 1. The molecule has 2 heterocycles. The Bertz CT molecular complexity index is 1010. The van der Waals surface area contributed by atoms with Crippen LogP contribution in [0, 0.1) is 0 Å². The average Bonchev–Trinajstić information content (AvgIpc) is 2.82. The largest absolute Gasteiger partial charge is 0.447 e. The number of aromatic nitrogens is 3. The van der Waals surface area contributed by atoms with E-state index in [1.807, 2.05) is 42.7 Å². The third-order valence-corrected chi connectivity index (χ3v) is 4.98. The van der Waals surface area contributed by atoms with Gasteiger partial charge in [0.25, 0.3) is 0 Å². The van der Waals surface area contributed by atoms with E-state index >= 15 is 0 Å². The molecule has 0 unspecified atom stereocenters. The number of hydrogen-bond donors (Lipinski definition) is 0. The van der Waals surface area contributed by atoms with Crippen LogP contribution in [0.3, 0.4) is 0 Å². The molecule has 0 saturated carbocycles. The van der Waals surface area contributed by atoms with Crippen molar-refractivity contribution in [3.63, 3.8) is 0 Å². The van der Waals surface area contributed by atoms with E-state index in [0.717, 1.165) is 11.1 Å². The summed E-state index contributed by atoms with van der Waals surface area (Å²) in [5.74, 6) is 0.179. The molecule has 136 valence electrons. The molecule has 1 aliphatic rings. The molecule has 4 rings (SSSR count). The highest BCUT2D eigenvalue weighted by atomic mass is 35.5. The van der Waals surface area contributed by atoms with Crippen molar-refractivity contribution in [3.8, 4) is 17.1 Å². The van der Waals surface area contributed by atoms with Gasteiger partial charge in [-0.3, -0.25) is 9.69 Å². The Hall–Kier alpha value is -2.64. The summed E-state index contributed by atoms with van der Waals surface area (Å²) in [4.78, 5) is 18.7. The molecule has 0 bridgehead atoms. The van der Waals surface area contributed by atoms with Crippen molar-refractivity contribution in [2.24, 2.45) is 0 Å². The van der Waals surface area contributed by atoms with E-state index in [1.165, 1.54) is 18.7 Å². The third-order valence-electron chi connectivity index (χ3n) is 4.19. The van der Waals surface area contributed by atoms with Crippen molar-refractivity contribution in [1.82, 2.24) is 15.2 Å². The summed E-state index contributed by atoms with van der Waals surface area (Å²) >= 11 is 7.40. The van der Waals surface area contributed by atoms with Crippen molar-refractivity contribution in [1.29, 1.82) is 0 Å². The number of halogens is 1. The minimum Gasteiger partial charge on any atom is -0.447 e. The van der Waals surface area contributed by atoms with Gasteiger partial charge in [-0.05, 0) is 24.5 Å². The second-order valence-electron chi connectivity index (χ2n) is 5.88. The number of nitrogens with zero attached hydrogens (tertiary/aromatic N) is 4. The summed E-state index contributed by atoms with van der Waals surface area (Å²) in [5.41, 5.74) is 2.72. The first-order chi connectivity index (χ1) is 13.1. The van der Waals surface area contributed by atoms with E-state index in [9.17, 15) is 4.79 Å². The average molecular weight is 399 g/mol. The number of para-hydroxylation sites is 1. The van der Waals surface area contributed by atoms with Crippen LogP contribution in [0.4, 0.5) is 5.69 Å². The minimum atomic E-state index is -0.700. The molecule has 27 heavy (non-hydrogen) atoms. The van der Waals surface area contributed by atoms with Crippen LogP contribution in [0.2, 0.25) is 5.02 Å². The van der Waals surface area contributed by atoms with E-state index < -0.39 is 6.23 Å². The van der Waals surface area contributed by atoms with Crippen LogP contribution in [0.15, 0.2) is 53.7 Å². The molecular weight excluding hydrogens is 384 g/mol. The number of thioether (sulfide) groups is 1. The van der Waals surface area contributed by atoms with Gasteiger partial charge in [-0.25, -0.2) is 0 Å². The Kier molecular flexibility index (Phi) is 4.72. The quantitative estimate of drug-likeness (QED) is 0.597. The fourth-order valence-electron chi connectivity index (χ4n) is 2.98. The summed E-state index contributed by atoms with van der Waals surface area (Å²) in [5, 5.41) is 9.55. The molecule has 1 aliphatic heterocycles. The molecule has 0 N–H and O–H groups in total. The second kappa shape index (κ2) is 7.17. The van der Waals surface area contributed by atoms with E-state index in [4.69, 9.17) is 16.3 Å². The van der Waals surface area contributed by atoms with Crippen LogP contribution < -0.4 is 9.64 Å². The number of amides is 1. The molecule has 1 atom stereocenters. The van der Waals surface area contributed by atoms with E-state index in [0.29, 0.717) is 27.4 Å². The molecule has 1 aromatic heterocycles. The molecule has 2 aromatic carbocycles. The van der Waals surface area contributed by atoms with Gasteiger partial charge in [0, 0.05) is 23.1 Å². The lowest BCUT2D eigenvalue weighted by molar-refractivity contribution is -0.118. The van der Waals surface area contributed by atoms with Crippen molar-refractivity contribution >= 4 is 35.0 Å². The van der Waals surface area contributed by atoms with Gasteiger partial charge in [0.2, 0.25) is 23.2 Å². The van der Waals surface area contributed by atoms with Crippen LogP contribution in [0.5, 0.6) is 5.88 Å². The number of carbonyl (C=O) groups is 1. The SMILES string of the molecule is CSc1nnc2c(n1)O[C@@H](c1ccc(Cl)cc1)N(C(C)=O)c1ccccc1-2. The molecule has 0 radical (unpaired) electrons. The number of anilines is 1. The Morgan fingerprint density at radius 1 is 1.15 bits per heavy atom. The molecule has 1 amide bonds. The number of ether oxygens (including phenoxy) is 1. The van der Waals surface area contributed by atoms with Gasteiger partial charge < -0.3 is 4.74 Å². The summed E-state index contributed by atoms with van der Waals surface area (Å²) in [6.07, 6.45) is 1.17. The minimum absolute atomic E-state index is 0.159. The van der Waals surface area contributed by atoms with E-state index in [-0.39, 0.29) is 5.91 Å². The van der Waals surface area contributed by atoms with Crippen molar-refractivity contribution in [2.75, 3.05) is 11.2 Å². The molecule has 0 spiro atoms. The second-order valence-corrected chi connectivity index (χ2v) is 7.09. The van der Waals surface area contributed by atoms with Gasteiger partial charge in [-0.1, -0.05) is 53.7 Å². The van der Waals surface area contributed by atoms with E-state index in [1.54, 1.807) is 17.0 Å². The maximum Gasteiger partial charge on any atom is 0.247 e. The third kappa shape index (κ3) is 3.24. The molecular formula is C19H15ClN4O2S. The Balaban J connectivity index is 1.96. The zero-order valence-electron chi connectivity index (χ0n) is 14.6. The number of benzene rings is 2. The Labute approximate surface area is 165 Å². The van der Waals surface area contributed by atoms with Crippen LogP contribution in [-0.2, 0) is 4.79 Å². The highest BCUT2D eigenvalue weighted by Gasteiger charge is 2.34. The molecule has 3 aromatic rings. The number of hydrogen-bond acceptors (Lipinski definition) is 6. The first kappa shape index (κ1) is 17.8. The summed E-state index contributed by atoms with van der Waals surface area (Å²) in [7, 11) is 0. The standard InChI is InChI=1S/C19H15ClN4O2S/c1-11(25)24-15-6-4-3-5-14(15)16-17(21-19(27-2)23-22-16)26-18(24)12-7-9-13(20)10-8-12/h3-10,18H,1-2H3/t18-/m0/s1. The fourth-order valence-corrected chi connectivity index (χ4v) is 3.41. The van der Waals surface area contributed by atoms with Crippen molar-refractivity contribution < 1.29 is 9.53 Å². The first-order valence-corrected chi connectivity index (χ1v) is 9.79. The van der Waals surface area contributed by atoms with Gasteiger partial charge in [-0.15, -0.1) is 10.2 Å². The molecule has 8 heteroatoms. The van der Waals surface area contributed by atoms with Gasteiger partial charge in [0.05, 0.1) is 5.69 Å². The van der Waals surface area contributed by atoms with Crippen LogP contribution in [0.25, 0.3) is 11.3 Å². The monoisotopic (exact) mass is 398 g/mol. The van der Waals surface area contributed by atoms with Crippen LogP contribution in [-0.4, -0.2) is 27.3 Å². The highest BCUT2D eigenvalue weighted by Crippen LogP contribution is 2.43. The topological polar surface area (TPSA) is 68.2 Å². The fraction of sp³-hybridized carbons (Fsp3) is 0.158. The maximum absolute atomic E-state index is 12.6. The van der Waals surface area contributed by atoms with Gasteiger partial charge in [0.15, 0.2) is 5.69 Å². The smallest absolute Gasteiger partial charge is 0.247 e. The van der Waals surface area contributed by atoms with Gasteiger partial charge in [0.1, 0.15) is 0 Å². The number of fused-ring (bicyclic) bond motifs is 3. The maximum atomic E-state index is 12.6. The zero-order valence-corrected chi connectivity index (χ0v) is 16.2. The molecule has 0 aliphatic carbocycles. The molecule has 6 nitrogen and oxygen atoms in total.